The van der Waals surface area contributed by atoms with Crippen LogP contribution >= 0.6 is 0 Å². The average molecular weight is 304 g/mol. The second-order valence-corrected chi connectivity index (χ2v) is 7.31. The van der Waals surface area contributed by atoms with Crippen molar-refractivity contribution in [3.8, 4) is 0 Å². The van der Waals surface area contributed by atoms with Gasteiger partial charge in [-0.2, -0.15) is 5.10 Å². The van der Waals surface area contributed by atoms with Crippen LogP contribution in [-0.4, -0.2) is 51.2 Å². The first-order chi connectivity index (χ1) is 10.5. The van der Waals surface area contributed by atoms with Crippen molar-refractivity contribution in [3.05, 3.63) is 18.0 Å². The largest absolute Gasteiger partial charge is 0.338 e. The Kier molecular flexibility index (Phi) is 4.52. The van der Waals surface area contributed by atoms with E-state index in [2.05, 4.69) is 34.9 Å². The van der Waals surface area contributed by atoms with Crippen molar-refractivity contribution in [3.63, 3.8) is 0 Å². The molecular formula is C17H28N4O. The third kappa shape index (κ3) is 3.69. The van der Waals surface area contributed by atoms with Gasteiger partial charge in [-0.3, -0.25) is 14.4 Å². The highest BCUT2D eigenvalue weighted by Crippen LogP contribution is 2.32. The van der Waals surface area contributed by atoms with E-state index in [0.29, 0.717) is 24.3 Å². The number of hydrogen-bond acceptors (Lipinski definition) is 3. The Morgan fingerprint density at radius 3 is 2.73 bits per heavy atom. The van der Waals surface area contributed by atoms with Gasteiger partial charge >= 0.3 is 0 Å². The molecule has 2 aliphatic rings. The summed E-state index contributed by atoms with van der Waals surface area (Å²) in [5.74, 6) is 1.60. The molecule has 0 N–H and O–H groups in total. The van der Waals surface area contributed by atoms with Gasteiger partial charge in [0, 0.05) is 57.4 Å². The SMILES string of the molecule is CC(C)[C@@H]1CN(Cc2cnn(C)c2)CCC(=O)N1CC1CC1. The minimum atomic E-state index is 0.340. The molecule has 1 aromatic heterocycles. The minimum Gasteiger partial charge on any atom is -0.338 e. The van der Waals surface area contributed by atoms with E-state index >= 15 is 0 Å². The van der Waals surface area contributed by atoms with E-state index in [9.17, 15) is 4.79 Å². The molecule has 5 nitrogen and oxygen atoms in total. The molecule has 0 unspecified atom stereocenters. The van der Waals surface area contributed by atoms with E-state index < -0.39 is 0 Å². The molecule has 0 spiro atoms. The zero-order valence-electron chi connectivity index (χ0n) is 14.0. The monoisotopic (exact) mass is 304 g/mol. The third-order valence-corrected chi connectivity index (χ3v) is 4.89. The Morgan fingerprint density at radius 2 is 2.14 bits per heavy atom. The van der Waals surface area contributed by atoms with Gasteiger partial charge in [0.15, 0.2) is 0 Å². The summed E-state index contributed by atoms with van der Waals surface area (Å²) in [6, 6.07) is 0.340. The Morgan fingerprint density at radius 1 is 1.36 bits per heavy atom. The van der Waals surface area contributed by atoms with Crippen molar-refractivity contribution in [2.75, 3.05) is 19.6 Å². The van der Waals surface area contributed by atoms with Crippen LogP contribution in [0.4, 0.5) is 0 Å². The van der Waals surface area contributed by atoms with Crippen molar-refractivity contribution in [1.82, 2.24) is 19.6 Å². The minimum absolute atomic E-state index is 0.340. The summed E-state index contributed by atoms with van der Waals surface area (Å²) in [7, 11) is 1.95. The Labute approximate surface area is 133 Å². The van der Waals surface area contributed by atoms with Crippen molar-refractivity contribution < 1.29 is 4.79 Å². The first-order valence-electron chi connectivity index (χ1n) is 8.52. The number of rotatable bonds is 5. The molecule has 1 aliphatic heterocycles. The summed E-state index contributed by atoms with van der Waals surface area (Å²) in [4.78, 5) is 17.2. The predicted octanol–water partition coefficient (Wildman–Crippen LogP) is 1.89. The lowest BCUT2D eigenvalue weighted by molar-refractivity contribution is -0.133. The number of carbonyl (C=O) groups is 1. The maximum Gasteiger partial charge on any atom is 0.224 e. The van der Waals surface area contributed by atoms with Crippen molar-refractivity contribution in [2.24, 2.45) is 18.9 Å². The van der Waals surface area contributed by atoms with Crippen molar-refractivity contribution >= 4 is 5.91 Å². The number of nitrogens with zero attached hydrogens (tertiary/aromatic N) is 4. The lowest BCUT2D eigenvalue weighted by Gasteiger charge is -2.34. The third-order valence-electron chi connectivity index (χ3n) is 4.89. The van der Waals surface area contributed by atoms with Gasteiger partial charge in [0.25, 0.3) is 0 Å². The van der Waals surface area contributed by atoms with Crippen LogP contribution in [0.3, 0.4) is 0 Å². The van der Waals surface area contributed by atoms with E-state index in [1.54, 1.807) is 0 Å². The van der Waals surface area contributed by atoms with Gasteiger partial charge in [-0.25, -0.2) is 0 Å². The standard InChI is InChI=1S/C17H28N4O/c1-13(2)16-12-20(10-15-8-18-19(3)9-15)7-6-17(22)21(16)11-14-4-5-14/h8-9,13-14,16H,4-7,10-12H2,1-3H3/t16-/m0/s1. The number of amides is 1. The summed E-state index contributed by atoms with van der Waals surface area (Å²) in [5, 5.41) is 4.25. The fraction of sp³-hybridized carbons (Fsp3) is 0.765. The highest BCUT2D eigenvalue weighted by molar-refractivity contribution is 5.77. The predicted molar refractivity (Wildman–Crippen MR) is 86.2 cm³/mol. The normalized spacial score (nSPS) is 24.1. The summed E-state index contributed by atoms with van der Waals surface area (Å²) in [6.45, 7) is 8.18. The molecule has 0 aromatic carbocycles. The molecular weight excluding hydrogens is 276 g/mol. The van der Waals surface area contributed by atoms with E-state index in [0.717, 1.165) is 32.1 Å². The second-order valence-electron chi connectivity index (χ2n) is 7.31. The van der Waals surface area contributed by atoms with E-state index in [-0.39, 0.29) is 0 Å². The summed E-state index contributed by atoms with van der Waals surface area (Å²) in [5.41, 5.74) is 1.23. The summed E-state index contributed by atoms with van der Waals surface area (Å²) < 4.78 is 1.84. The quantitative estimate of drug-likeness (QED) is 0.834. The molecule has 2 heterocycles. The maximum absolute atomic E-state index is 12.6. The Hall–Kier alpha value is -1.36. The van der Waals surface area contributed by atoms with Crippen LogP contribution in [0.2, 0.25) is 0 Å². The van der Waals surface area contributed by atoms with Crippen LogP contribution in [0.1, 0.15) is 38.7 Å². The lowest BCUT2D eigenvalue weighted by atomic mass is 10.0. The molecule has 1 aromatic rings. The van der Waals surface area contributed by atoms with Crippen LogP contribution in [-0.2, 0) is 18.4 Å². The van der Waals surface area contributed by atoms with Crippen LogP contribution in [0, 0.1) is 11.8 Å². The van der Waals surface area contributed by atoms with Gasteiger partial charge in [-0.15, -0.1) is 0 Å². The van der Waals surface area contributed by atoms with E-state index in [1.165, 1.54) is 18.4 Å². The highest BCUT2D eigenvalue weighted by atomic mass is 16.2. The number of aryl methyl sites for hydroxylation is 1. The maximum atomic E-state index is 12.6. The zero-order chi connectivity index (χ0) is 15.7. The summed E-state index contributed by atoms with van der Waals surface area (Å²) in [6.07, 6.45) is 7.25. The Bertz CT molecular complexity index is 520. The fourth-order valence-corrected chi connectivity index (χ4v) is 3.38. The molecule has 122 valence electrons. The highest BCUT2D eigenvalue weighted by Gasteiger charge is 2.35. The number of carbonyl (C=O) groups excluding carboxylic acids is 1. The number of hydrogen-bond donors (Lipinski definition) is 0. The van der Waals surface area contributed by atoms with E-state index in [1.807, 2.05) is 17.9 Å². The number of aromatic nitrogens is 2. The van der Waals surface area contributed by atoms with Gasteiger partial charge in [-0.1, -0.05) is 13.8 Å². The zero-order valence-corrected chi connectivity index (χ0v) is 14.0. The van der Waals surface area contributed by atoms with Gasteiger partial charge in [0.2, 0.25) is 5.91 Å². The van der Waals surface area contributed by atoms with Crippen molar-refractivity contribution in [2.45, 2.75) is 45.7 Å². The molecule has 2 fully saturated rings. The molecule has 1 saturated carbocycles. The lowest BCUT2D eigenvalue weighted by Crippen LogP contribution is -2.47. The van der Waals surface area contributed by atoms with Crippen LogP contribution in [0.15, 0.2) is 12.4 Å². The summed E-state index contributed by atoms with van der Waals surface area (Å²) >= 11 is 0. The topological polar surface area (TPSA) is 41.4 Å². The van der Waals surface area contributed by atoms with Crippen molar-refractivity contribution in [1.29, 1.82) is 0 Å². The van der Waals surface area contributed by atoms with Crippen LogP contribution in [0.5, 0.6) is 0 Å². The smallest absolute Gasteiger partial charge is 0.224 e. The molecule has 5 heteroatoms. The van der Waals surface area contributed by atoms with Gasteiger partial charge in [0.1, 0.15) is 0 Å². The molecule has 0 radical (unpaired) electrons. The molecule has 3 rings (SSSR count). The Balaban J connectivity index is 1.70. The molecule has 1 atom stereocenters. The first-order valence-corrected chi connectivity index (χ1v) is 8.52. The van der Waals surface area contributed by atoms with Gasteiger partial charge in [0.05, 0.1) is 6.20 Å². The van der Waals surface area contributed by atoms with Crippen LogP contribution in [0.25, 0.3) is 0 Å². The first kappa shape index (κ1) is 15.5. The average Bonchev–Trinajstić information content (AvgIpc) is 3.22. The molecule has 1 aliphatic carbocycles. The van der Waals surface area contributed by atoms with E-state index in [4.69, 9.17) is 0 Å². The molecule has 22 heavy (non-hydrogen) atoms. The molecule has 0 bridgehead atoms. The molecule has 1 saturated heterocycles. The van der Waals surface area contributed by atoms with Gasteiger partial charge < -0.3 is 4.90 Å². The second kappa shape index (κ2) is 6.41. The van der Waals surface area contributed by atoms with Crippen LogP contribution < -0.4 is 0 Å². The molecule has 1 amide bonds. The van der Waals surface area contributed by atoms with Gasteiger partial charge in [-0.05, 0) is 24.7 Å². The fourth-order valence-electron chi connectivity index (χ4n) is 3.38.